The Hall–Kier alpha value is -2.69. The second kappa shape index (κ2) is 8.97. The van der Waals surface area contributed by atoms with Gasteiger partial charge in [-0.15, -0.1) is 0 Å². The SMILES string of the molecule is CCOc1ccc(OCC)c(CCc2ccc(O)c(C(=O)OC)c2)c1. The van der Waals surface area contributed by atoms with Gasteiger partial charge in [0.25, 0.3) is 0 Å². The van der Waals surface area contributed by atoms with Crippen LogP contribution >= 0.6 is 0 Å². The van der Waals surface area contributed by atoms with Gasteiger partial charge in [-0.2, -0.15) is 0 Å². The van der Waals surface area contributed by atoms with E-state index in [9.17, 15) is 9.90 Å². The highest BCUT2D eigenvalue weighted by Crippen LogP contribution is 2.27. The number of esters is 1. The van der Waals surface area contributed by atoms with Crippen LogP contribution in [0.2, 0.25) is 0 Å². The number of hydrogen-bond donors (Lipinski definition) is 1. The Labute approximate surface area is 148 Å². The molecule has 0 heterocycles. The lowest BCUT2D eigenvalue weighted by Gasteiger charge is -2.13. The Bertz CT molecular complexity index is 724. The summed E-state index contributed by atoms with van der Waals surface area (Å²) < 4.78 is 15.9. The molecule has 2 aromatic rings. The third kappa shape index (κ3) is 4.89. The van der Waals surface area contributed by atoms with Gasteiger partial charge in [0.15, 0.2) is 0 Å². The molecule has 0 bridgehead atoms. The molecular formula is C20H24O5. The van der Waals surface area contributed by atoms with Gasteiger partial charge in [-0.1, -0.05) is 6.07 Å². The van der Waals surface area contributed by atoms with E-state index >= 15 is 0 Å². The van der Waals surface area contributed by atoms with Crippen molar-refractivity contribution in [3.05, 3.63) is 53.1 Å². The minimum Gasteiger partial charge on any atom is -0.507 e. The van der Waals surface area contributed by atoms with Crippen molar-refractivity contribution in [2.24, 2.45) is 0 Å². The Kier molecular flexibility index (Phi) is 6.69. The van der Waals surface area contributed by atoms with E-state index in [1.807, 2.05) is 32.0 Å². The molecule has 0 aliphatic heterocycles. The molecule has 0 fully saturated rings. The fourth-order valence-corrected chi connectivity index (χ4v) is 2.60. The van der Waals surface area contributed by atoms with Crippen LogP contribution < -0.4 is 9.47 Å². The number of carbonyl (C=O) groups is 1. The summed E-state index contributed by atoms with van der Waals surface area (Å²) in [6.07, 6.45) is 1.42. The van der Waals surface area contributed by atoms with Crippen LogP contribution in [0, 0.1) is 0 Å². The highest BCUT2D eigenvalue weighted by atomic mass is 16.5. The molecule has 0 amide bonds. The zero-order valence-electron chi connectivity index (χ0n) is 14.9. The zero-order chi connectivity index (χ0) is 18.2. The average molecular weight is 344 g/mol. The lowest BCUT2D eigenvalue weighted by molar-refractivity contribution is 0.0597. The summed E-state index contributed by atoms with van der Waals surface area (Å²) in [6, 6.07) is 10.8. The fraction of sp³-hybridized carbons (Fsp3) is 0.350. The summed E-state index contributed by atoms with van der Waals surface area (Å²) >= 11 is 0. The van der Waals surface area contributed by atoms with Crippen molar-refractivity contribution in [3.8, 4) is 17.2 Å². The predicted molar refractivity (Wildman–Crippen MR) is 95.6 cm³/mol. The van der Waals surface area contributed by atoms with Gasteiger partial charge in [0.1, 0.15) is 22.8 Å². The minimum atomic E-state index is -0.548. The Morgan fingerprint density at radius 2 is 1.76 bits per heavy atom. The number of phenols is 1. The first-order valence-corrected chi connectivity index (χ1v) is 8.37. The van der Waals surface area contributed by atoms with Gasteiger partial charge in [-0.3, -0.25) is 0 Å². The van der Waals surface area contributed by atoms with E-state index in [2.05, 4.69) is 0 Å². The van der Waals surface area contributed by atoms with E-state index in [4.69, 9.17) is 14.2 Å². The van der Waals surface area contributed by atoms with Gasteiger partial charge < -0.3 is 19.3 Å². The first kappa shape index (κ1) is 18.6. The summed E-state index contributed by atoms with van der Waals surface area (Å²) in [6.45, 7) is 5.09. The quantitative estimate of drug-likeness (QED) is 0.739. The molecule has 0 saturated carbocycles. The molecule has 5 heteroatoms. The normalized spacial score (nSPS) is 10.4. The molecule has 2 aromatic carbocycles. The topological polar surface area (TPSA) is 65.0 Å². The number of carbonyl (C=O) groups excluding carboxylic acids is 1. The van der Waals surface area contributed by atoms with E-state index in [0.29, 0.717) is 19.6 Å². The van der Waals surface area contributed by atoms with Gasteiger partial charge in [0.2, 0.25) is 0 Å². The molecular weight excluding hydrogens is 320 g/mol. The number of aryl methyl sites for hydroxylation is 2. The maximum Gasteiger partial charge on any atom is 0.341 e. The van der Waals surface area contributed by atoms with E-state index in [1.165, 1.54) is 13.2 Å². The standard InChI is InChI=1S/C20H24O5/c1-4-24-16-9-11-19(25-5-2)15(13-16)8-6-14-7-10-18(21)17(12-14)20(22)23-3/h7,9-13,21H,4-6,8H2,1-3H3. The van der Waals surface area contributed by atoms with Crippen LogP contribution in [0.15, 0.2) is 36.4 Å². The first-order chi connectivity index (χ1) is 12.1. The van der Waals surface area contributed by atoms with Crippen molar-refractivity contribution in [2.45, 2.75) is 26.7 Å². The third-order valence-corrected chi connectivity index (χ3v) is 3.79. The van der Waals surface area contributed by atoms with Gasteiger partial charge in [-0.25, -0.2) is 4.79 Å². The average Bonchev–Trinajstić information content (AvgIpc) is 2.62. The first-order valence-electron chi connectivity index (χ1n) is 8.37. The molecule has 2 rings (SSSR count). The zero-order valence-corrected chi connectivity index (χ0v) is 14.9. The lowest BCUT2D eigenvalue weighted by atomic mass is 10.0. The van der Waals surface area contributed by atoms with Gasteiger partial charge in [0, 0.05) is 0 Å². The molecule has 0 aromatic heterocycles. The van der Waals surface area contributed by atoms with Crippen LogP contribution in [0.1, 0.15) is 35.3 Å². The Balaban J connectivity index is 2.19. The summed E-state index contributed by atoms with van der Waals surface area (Å²) in [7, 11) is 1.29. The molecule has 0 aliphatic rings. The van der Waals surface area contributed by atoms with Crippen molar-refractivity contribution in [1.29, 1.82) is 0 Å². The third-order valence-electron chi connectivity index (χ3n) is 3.79. The molecule has 1 N–H and O–H groups in total. The van der Waals surface area contributed by atoms with E-state index in [0.717, 1.165) is 29.0 Å². The second-order valence-corrected chi connectivity index (χ2v) is 5.48. The predicted octanol–water partition coefficient (Wildman–Crippen LogP) is 3.76. The number of aromatic hydroxyl groups is 1. The summed E-state index contributed by atoms with van der Waals surface area (Å²) in [4.78, 5) is 11.7. The second-order valence-electron chi connectivity index (χ2n) is 5.48. The summed E-state index contributed by atoms with van der Waals surface area (Å²) in [5.74, 6) is 1.01. The molecule has 0 saturated heterocycles. The van der Waals surface area contributed by atoms with Crippen LogP contribution in [0.3, 0.4) is 0 Å². The molecule has 5 nitrogen and oxygen atoms in total. The molecule has 0 radical (unpaired) electrons. The van der Waals surface area contributed by atoms with Gasteiger partial charge >= 0.3 is 5.97 Å². The van der Waals surface area contributed by atoms with Gasteiger partial charge in [0.05, 0.1) is 20.3 Å². The number of rotatable bonds is 8. The van der Waals surface area contributed by atoms with Crippen molar-refractivity contribution in [1.82, 2.24) is 0 Å². The van der Waals surface area contributed by atoms with Crippen LogP contribution in [-0.4, -0.2) is 31.4 Å². The highest BCUT2D eigenvalue weighted by Gasteiger charge is 2.13. The minimum absolute atomic E-state index is 0.0797. The molecule has 134 valence electrons. The molecule has 0 aliphatic carbocycles. The number of phenolic OH excluding ortho intramolecular Hbond substituents is 1. The van der Waals surface area contributed by atoms with E-state index in [1.54, 1.807) is 12.1 Å². The van der Waals surface area contributed by atoms with Crippen molar-refractivity contribution in [2.75, 3.05) is 20.3 Å². The summed E-state index contributed by atoms with van der Waals surface area (Å²) in [5.41, 5.74) is 2.15. The van der Waals surface area contributed by atoms with Crippen molar-refractivity contribution in [3.63, 3.8) is 0 Å². The maximum absolute atomic E-state index is 11.7. The van der Waals surface area contributed by atoms with Crippen LogP contribution in [0.4, 0.5) is 0 Å². The van der Waals surface area contributed by atoms with Crippen LogP contribution in [-0.2, 0) is 17.6 Å². The largest absolute Gasteiger partial charge is 0.507 e. The Morgan fingerprint density at radius 1 is 1.00 bits per heavy atom. The maximum atomic E-state index is 11.7. The fourth-order valence-electron chi connectivity index (χ4n) is 2.60. The molecule has 0 unspecified atom stereocenters. The number of hydrogen-bond acceptors (Lipinski definition) is 5. The smallest absolute Gasteiger partial charge is 0.341 e. The van der Waals surface area contributed by atoms with E-state index in [-0.39, 0.29) is 11.3 Å². The Morgan fingerprint density at radius 3 is 2.44 bits per heavy atom. The summed E-state index contributed by atoms with van der Waals surface area (Å²) in [5, 5.41) is 9.79. The van der Waals surface area contributed by atoms with Crippen molar-refractivity contribution < 1.29 is 24.1 Å². The lowest BCUT2D eigenvalue weighted by Crippen LogP contribution is -2.04. The number of ether oxygens (including phenoxy) is 3. The number of methoxy groups -OCH3 is 1. The van der Waals surface area contributed by atoms with Crippen LogP contribution in [0.25, 0.3) is 0 Å². The van der Waals surface area contributed by atoms with E-state index < -0.39 is 5.97 Å². The number of benzene rings is 2. The highest BCUT2D eigenvalue weighted by molar-refractivity contribution is 5.92. The van der Waals surface area contributed by atoms with Gasteiger partial charge in [-0.05, 0) is 68.1 Å². The van der Waals surface area contributed by atoms with Crippen molar-refractivity contribution >= 4 is 5.97 Å². The molecule has 0 atom stereocenters. The monoisotopic (exact) mass is 344 g/mol. The molecule has 0 spiro atoms. The van der Waals surface area contributed by atoms with Crippen LogP contribution in [0.5, 0.6) is 17.2 Å². The molecule has 25 heavy (non-hydrogen) atoms.